The van der Waals surface area contributed by atoms with E-state index in [-0.39, 0.29) is 5.91 Å². The summed E-state index contributed by atoms with van der Waals surface area (Å²) in [6.45, 7) is 2.28. The van der Waals surface area contributed by atoms with Gasteiger partial charge in [0, 0.05) is 26.8 Å². The Bertz CT molecular complexity index is 383. The van der Waals surface area contributed by atoms with Crippen molar-refractivity contribution in [3.63, 3.8) is 0 Å². The number of methoxy groups -OCH3 is 1. The lowest BCUT2D eigenvalue weighted by molar-refractivity contribution is 0.0609. The third-order valence-corrected chi connectivity index (χ3v) is 3.19. The highest BCUT2D eigenvalue weighted by molar-refractivity contribution is 5.97. The zero-order valence-electron chi connectivity index (χ0n) is 9.98. The lowest BCUT2D eigenvalue weighted by Crippen LogP contribution is -2.39. The second kappa shape index (κ2) is 5.18. The number of hydrogen-bond acceptors (Lipinski definition) is 4. The van der Waals surface area contributed by atoms with Crippen LogP contribution in [0, 0.1) is 5.92 Å². The van der Waals surface area contributed by atoms with Crippen molar-refractivity contribution in [3.8, 4) is 0 Å². The van der Waals surface area contributed by atoms with Gasteiger partial charge in [-0.3, -0.25) is 9.89 Å². The van der Waals surface area contributed by atoms with E-state index < -0.39 is 0 Å². The number of piperidine rings is 1. The maximum Gasteiger partial charge on any atom is 0.274 e. The van der Waals surface area contributed by atoms with Gasteiger partial charge in [-0.25, -0.2) is 0 Å². The molecule has 1 amide bonds. The van der Waals surface area contributed by atoms with Gasteiger partial charge >= 0.3 is 0 Å². The number of H-pyrrole nitrogens is 1. The second-order valence-electron chi connectivity index (χ2n) is 4.39. The lowest BCUT2D eigenvalue weighted by Gasteiger charge is -2.31. The van der Waals surface area contributed by atoms with Crippen molar-refractivity contribution < 1.29 is 9.53 Å². The van der Waals surface area contributed by atoms with Crippen molar-refractivity contribution in [3.05, 3.63) is 11.9 Å². The first-order valence-corrected chi connectivity index (χ1v) is 5.79. The number of rotatable bonds is 3. The van der Waals surface area contributed by atoms with E-state index in [1.54, 1.807) is 7.11 Å². The molecule has 0 atom stereocenters. The Balaban J connectivity index is 1.93. The van der Waals surface area contributed by atoms with Crippen molar-refractivity contribution >= 4 is 11.6 Å². The van der Waals surface area contributed by atoms with Gasteiger partial charge in [0.15, 0.2) is 0 Å². The van der Waals surface area contributed by atoms with Crippen LogP contribution in [0.15, 0.2) is 6.20 Å². The first-order valence-electron chi connectivity index (χ1n) is 5.79. The molecule has 6 nitrogen and oxygen atoms in total. The number of anilines is 1. The summed E-state index contributed by atoms with van der Waals surface area (Å²) in [6, 6.07) is 0. The summed E-state index contributed by atoms with van der Waals surface area (Å²) in [5.41, 5.74) is 6.47. The van der Waals surface area contributed by atoms with Crippen LogP contribution in [0.25, 0.3) is 0 Å². The summed E-state index contributed by atoms with van der Waals surface area (Å²) in [4.78, 5) is 13.9. The van der Waals surface area contributed by atoms with E-state index >= 15 is 0 Å². The number of hydrogen-bond donors (Lipinski definition) is 2. The molecule has 94 valence electrons. The average Bonchev–Trinajstić information content (AvgIpc) is 2.76. The molecule has 1 aromatic heterocycles. The summed E-state index contributed by atoms with van der Waals surface area (Å²) < 4.78 is 5.13. The number of nitrogens with two attached hydrogens (primary N) is 1. The largest absolute Gasteiger partial charge is 0.396 e. The number of aromatic nitrogens is 2. The molecule has 0 spiro atoms. The molecule has 2 rings (SSSR count). The summed E-state index contributed by atoms with van der Waals surface area (Å²) in [5.74, 6) is 0.499. The predicted molar refractivity (Wildman–Crippen MR) is 63.5 cm³/mol. The van der Waals surface area contributed by atoms with Gasteiger partial charge in [-0.2, -0.15) is 5.10 Å². The molecule has 0 aromatic carbocycles. The number of nitrogens with zero attached hydrogens (tertiary/aromatic N) is 2. The van der Waals surface area contributed by atoms with Crippen LogP contribution in [0.4, 0.5) is 5.69 Å². The number of nitrogens with one attached hydrogen (secondary N) is 1. The molecule has 6 heteroatoms. The first kappa shape index (κ1) is 11.9. The van der Waals surface area contributed by atoms with Crippen LogP contribution in [-0.2, 0) is 4.74 Å². The van der Waals surface area contributed by atoms with Gasteiger partial charge in [0.2, 0.25) is 0 Å². The van der Waals surface area contributed by atoms with Gasteiger partial charge in [-0.15, -0.1) is 0 Å². The number of aromatic amines is 1. The Labute approximate surface area is 100 Å². The molecular formula is C11H18N4O2. The van der Waals surface area contributed by atoms with Crippen LogP contribution < -0.4 is 5.73 Å². The SMILES string of the molecule is COCC1CCN(C(=O)c2[nH]ncc2N)CC1. The fourth-order valence-corrected chi connectivity index (χ4v) is 2.16. The number of likely N-dealkylation sites (tertiary alicyclic amines) is 1. The topological polar surface area (TPSA) is 84.2 Å². The molecule has 17 heavy (non-hydrogen) atoms. The van der Waals surface area contributed by atoms with E-state index in [4.69, 9.17) is 10.5 Å². The van der Waals surface area contributed by atoms with Crippen LogP contribution in [0.5, 0.6) is 0 Å². The van der Waals surface area contributed by atoms with E-state index in [9.17, 15) is 4.79 Å². The van der Waals surface area contributed by atoms with Crippen LogP contribution in [0.3, 0.4) is 0 Å². The molecule has 0 radical (unpaired) electrons. The van der Waals surface area contributed by atoms with Crippen LogP contribution in [0.2, 0.25) is 0 Å². The average molecular weight is 238 g/mol. The molecule has 3 N–H and O–H groups in total. The number of nitrogen functional groups attached to an aromatic ring is 1. The predicted octanol–water partition coefficient (Wildman–Crippen LogP) is 0.490. The molecule has 1 aromatic rings. The minimum absolute atomic E-state index is 0.0594. The van der Waals surface area contributed by atoms with E-state index in [0.717, 1.165) is 32.5 Å². The summed E-state index contributed by atoms with van der Waals surface area (Å²) in [5, 5.41) is 6.41. The molecule has 1 fully saturated rings. The first-order chi connectivity index (χ1) is 8.22. The smallest absolute Gasteiger partial charge is 0.274 e. The van der Waals surface area contributed by atoms with Gasteiger partial charge in [0.1, 0.15) is 5.69 Å². The van der Waals surface area contributed by atoms with Crippen molar-refractivity contribution in [2.75, 3.05) is 32.5 Å². The second-order valence-corrected chi connectivity index (χ2v) is 4.39. The zero-order chi connectivity index (χ0) is 12.3. The number of carbonyl (C=O) groups excluding carboxylic acids is 1. The third-order valence-electron chi connectivity index (χ3n) is 3.19. The number of ether oxygens (including phenoxy) is 1. The molecule has 0 saturated carbocycles. The Hall–Kier alpha value is -1.56. The Morgan fingerprint density at radius 2 is 2.35 bits per heavy atom. The molecule has 1 aliphatic heterocycles. The molecule has 0 bridgehead atoms. The number of carbonyl (C=O) groups is 1. The summed E-state index contributed by atoms with van der Waals surface area (Å²) in [6.07, 6.45) is 3.42. The van der Waals surface area contributed by atoms with Crippen molar-refractivity contribution in [1.29, 1.82) is 0 Å². The minimum Gasteiger partial charge on any atom is -0.396 e. The molecule has 1 aliphatic rings. The fraction of sp³-hybridized carbons (Fsp3) is 0.636. The Morgan fingerprint density at radius 1 is 1.65 bits per heavy atom. The van der Waals surface area contributed by atoms with E-state index in [2.05, 4.69) is 10.2 Å². The van der Waals surface area contributed by atoms with E-state index in [1.165, 1.54) is 6.20 Å². The van der Waals surface area contributed by atoms with Gasteiger partial charge in [0.25, 0.3) is 5.91 Å². The van der Waals surface area contributed by atoms with Gasteiger partial charge < -0.3 is 15.4 Å². The van der Waals surface area contributed by atoms with Crippen molar-refractivity contribution in [2.24, 2.45) is 5.92 Å². The maximum absolute atomic E-state index is 12.1. The van der Waals surface area contributed by atoms with Gasteiger partial charge in [-0.05, 0) is 18.8 Å². The molecule has 0 aliphatic carbocycles. The van der Waals surface area contributed by atoms with Crippen LogP contribution in [0.1, 0.15) is 23.3 Å². The minimum atomic E-state index is -0.0594. The normalized spacial score (nSPS) is 17.4. The van der Waals surface area contributed by atoms with Gasteiger partial charge in [-0.1, -0.05) is 0 Å². The molecule has 0 unspecified atom stereocenters. The Morgan fingerprint density at radius 3 is 2.88 bits per heavy atom. The summed E-state index contributed by atoms with van der Waals surface area (Å²) >= 11 is 0. The standard InChI is InChI=1S/C11H18N4O2/c1-17-7-8-2-4-15(5-3-8)11(16)10-9(12)6-13-14-10/h6,8H,2-5,7,12H2,1H3,(H,13,14). The number of amides is 1. The van der Waals surface area contributed by atoms with Gasteiger partial charge in [0.05, 0.1) is 11.9 Å². The van der Waals surface area contributed by atoms with Crippen molar-refractivity contribution in [2.45, 2.75) is 12.8 Å². The van der Waals surface area contributed by atoms with Crippen LogP contribution >= 0.6 is 0 Å². The highest BCUT2D eigenvalue weighted by Gasteiger charge is 2.25. The quantitative estimate of drug-likeness (QED) is 0.802. The maximum atomic E-state index is 12.1. The van der Waals surface area contributed by atoms with E-state index in [0.29, 0.717) is 17.3 Å². The highest BCUT2D eigenvalue weighted by atomic mass is 16.5. The van der Waals surface area contributed by atoms with Crippen LogP contribution in [-0.4, -0.2) is 47.8 Å². The molecule has 1 saturated heterocycles. The molecular weight excluding hydrogens is 220 g/mol. The summed E-state index contributed by atoms with van der Waals surface area (Å²) in [7, 11) is 1.71. The Kier molecular flexibility index (Phi) is 3.63. The lowest BCUT2D eigenvalue weighted by atomic mass is 9.97. The van der Waals surface area contributed by atoms with E-state index in [1.807, 2.05) is 4.90 Å². The third kappa shape index (κ3) is 2.58. The zero-order valence-corrected chi connectivity index (χ0v) is 9.98. The monoisotopic (exact) mass is 238 g/mol. The fourth-order valence-electron chi connectivity index (χ4n) is 2.16. The van der Waals surface area contributed by atoms with Crippen molar-refractivity contribution in [1.82, 2.24) is 15.1 Å². The highest BCUT2D eigenvalue weighted by Crippen LogP contribution is 2.20. The molecule has 2 heterocycles.